The summed E-state index contributed by atoms with van der Waals surface area (Å²) in [6.45, 7) is 5.59. The molecule has 0 saturated carbocycles. The van der Waals surface area contributed by atoms with Crippen molar-refractivity contribution in [2.45, 2.75) is 30.6 Å². The first kappa shape index (κ1) is 27.9. The molecule has 3 aromatic rings. The minimum atomic E-state index is -4.42. The number of hydrogen-bond acceptors (Lipinski definition) is 6. The summed E-state index contributed by atoms with van der Waals surface area (Å²) >= 11 is 0. The summed E-state index contributed by atoms with van der Waals surface area (Å²) < 4.78 is 66.2. The van der Waals surface area contributed by atoms with Crippen LogP contribution in [-0.2, 0) is 20.2 Å². The Labute approximate surface area is 190 Å². The van der Waals surface area contributed by atoms with Crippen LogP contribution in [0.4, 0.5) is 0 Å². The number of benzene rings is 3. The predicted octanol–water partition coefficient (Wildman–Crippen LogP) is 3.19. The highest BCUT2D eigenvalue weighted by Gasteiger charge is 2.25. The number of rotatable bonds is 5. The van der Waals surface area contributed by atoms with Crippen LogP contribution in [-0.4, -0.2) is 25.9 Å². The Bertz CT molecular complexity index is 1260. The third kappa shape index (κ3) is 5.79. The first-order valence-corrected chi connectivity index (χ1v) is 13.1. The van der Waals surface area contributed by atoms with Crippen LogP contribution in [0.1, 0.15) is 16.7 Å². The van der Waals surface area contributed by atoms with E-state index in [9.17, 15) is 25.9 Å². The number of aryl methyl sites for hydroxylation is 3. The van der Waals surface area contributed by atoms with Crippen LogP contribution < -0.4 is 28.2 Å². The standard InChI is InChI=1S/C21H21O6PS2.2H3N/c1-14-6-4-5-7-19(14)28(20-12-17(29(22,23)24)10-8-15(20)2)21-13-18(30(25,26)27)11-9-16(21)3;;/h4-13H,1-3H3,(H,22,23,24)(H,25,26,27);2*1H3. The largest absolute Gasteiger partial charge is 0.344 e. The molecule has 11 heteroatoms. The molecule has 0 aromatic heterocycles. The Morgan fingerprint density at radius 3 is 1.34 bits per heavy atom. The zero-order chi connectivity index (χ0) is 22.3. The molecule has 0 radical (unpaired) electrons. The molecule has 174 valence electrons. The lowest BCUT2D eigenvalue weighted by Gasteiger charge is -2.25. The van der Waals surface area contributed by atoms with Crippen molar-refractivity contribution in [3.63, 3.8) is 0 Å². The summed E-state index contributed by atoms with van der Waals surface area (Å²) in [5, 5.41) is 2.26. The maximum Gasteiger partial charge on any atom is 0.294 e. The fourth-order valence-corrected chi connectivity index (χ4v) is 7.20. The fraction of sp³-hybridized carbons (Fsp3) is 0.143. The topological polar surface area (TPSA) is 179 Å². The van der Waals surface area contributed by atoms with E-state index < -0.39 is 28.2 Å². The van der Waals surface area contributed by atoms with E-state index in [0.29, 0.717) is 10.6 Å². The zero-order valence-electron chi connectivity index (χ0n) is 18.0. The molecule has 8 N–H and O–H groups in total. The molecule has 0 saturated heterocycles. The van der Waals surface area contributed by atoms with Gasteiger partial charge in [-0.05, 0) is 85.6 Å². The van der Waals surface area contributed by atoms with Gasteiger partial charge in [0.15, 0.2) is 0 Å². The van der Waals surface area contributed by atoms with Crippen molar-refractivity contribution >= 4 is 44.1 Å². The van der Waals surface area contributed by atoms with Crippen LogP contribution in [0.5, 0.6) is 0 Å². The van der Waals surface area contributed by atoms with Gasteiger partial charge < -0.3 is 12.3 Å². The highest BCUT2D eigenvalue weighted by Crippen LogP contribution is 2.37. The second-order valence-electron chi connectivity index (χ2n) is 6.97. The summed E-state index contributed by atoms with van der Waals surface area (Å²) in [5.41, 5.74) is 2.55. The van der Waals surface area contributed by atoms with Crippen molar-refractivity contribution in [1.82, 2.24) is 12.3 Å². The van der Waals surface area contributed by atoms with Crippen molar-refractivity contribution in [3.8, 4) is 0 Å². The van der Waals surface area contributed by atoms with Gasteiger partial charge >= 0.3 is 0 Å². The molecule has 0 aliphatic rings. The van der Waals surface area contributed by atoms with Gasteiger partial charge in [-0.1, -0.05) is 36.4 Å². The second-order valence-corrected chi connectivity index (χ2v) is 11.9. The quantitative estimate of drug-likeness (QED) is 0.306. The van der Waals surface area contributed by atoms with Gasteiger partial charge in [0, 0.05) is 0 Å². The van der Waals surface area contributed by atoms with E-state index in [0.717, 1.165) is 22.0 Å². The third-order valence-electron chi connectivity index (χ3n) is 4.80. The lowest BCUT2D eigenvalue weighted by molar-refractivity contribution is 0.481. The predicted molar refractivity (Wildman–Crippen MR) is 129 cm³/mol. The average Bonchev–Trinajstić information content (AvgIpc) is 2.64. The maximum atomic E-state index is 11.8. The summed E-state index contributed by atoms with van der Waals surface area (Å²) in [6.07, 6.45) is 0. The highest BCUT2D eigenvalue weighted by atomic mass is 32.2. The Morgan fingerprint density at radius 2 is 0.969 bits per heavy atom. The van der Waals surface area contributed by atoms with E-state index in [2.05, 4.69) is 0 Å². The van der Waals surface area contributed by atoms with E-state index in [1.54, 1.807) is 12.1 Å². The van der Waals surface area contributed by atoms with Crippen molar-refractivity contribution in [3.05, 3.63) is 77.4 Å². The molecule has 0 fully saturated rings. The van der Waals surface area contributed by atoms with Gasteiger partial charge in [0.05, 0.1) is 9.79 Å². The molecule has 0 heterocycles. The van der Waals surface area contributed by atoms with Crippen LogP contribution >= 0.6 is 7.92 Å². The second kappa shape index (κ2) is 10.2. The average molecular weight is 499 g/mol. The van der Waals surface area contributed by atoms with Crippen LogP contribution in [0.15, 0.2) is 70.5 Å². The molecule has 0 spiro atoms. The summed E-state index contributed by atoms with van der Waals surface area (Å²) in [7, 11) is -10.2. The third-order valence-corrected chi connectivity index (χ3v) is 9.41. The fourth-order valence-electron chi connectivity index (χ4n) is 3.18. The van der Waals surface area contributed by atoms with Gasteiger partial charge in [0.2, 0.25) is 0 Å². The first-order chi connectivity index (χ1) is 13.9. The lowest BCUT2D eigenvalue weighted by atomic mass is 10.2. The molecule has 0 bridgehead atoms. The SMILES string of the molecule is Cc1ccccc1P(c1cc(S(=O)(=O)O)ccc1C)c1cc(S(=O)(=O)O)ccc1C.N.N. The monoisotopic (exact) mass is 498 g/mol. The summed E-state index contributed by atoms with van der Waals surface area (Å²) in [5.74, 6) is 0. The maximum absolute atomic E-state index is 11.8. The normalized spacial score (nSPS) is 11.6. The minimum Gasteiger partial charge on any atom is -0.344 e. The summed E-state index contributed by atoms with van der Waals surface area (Å²) in [6, 6.07) is 16.4. The Morgan fingerprint density at radius 1 is 0.594 bits per heavy atom. The minimum absolute atomic E-state index is 0. The van der Waals surface area contributed by atoms with Crippen LogP contribution in [0.25, 0.3) is 0 Å². The first-order valence-electron chi connectivity index (χ1n) is 8.91. The zero-order valence-corrected chi connectivity index (χ0v) is 20.5. The van der Waals surface area contributed by atoms with Crippen LogP contribution in [0, 0.1) is 20.8 Å². The van der Waals surface area contributed by atoms with Crippen molar-refractivity contribution in [1.29, 1.82) is 0 Å². The molecule has 8 nitrogen and oxygen atoms in total. The molecule has 0 atom stereocenters. The van der Waals surface area contributed by atoms with E-state index in [1.165, 1.54) is 24.3 Å². The molecule has 0 amide bonds. The summed E-state index contributed by atoms with van der Waals surface area (Å²) in [4.78, 5) is -0.458. The molecule has 0 aliphatic heterocycles. The van der Waals surface area contributed by atoms with Gasteiger partial charge in [-0.2, -0.15) is 16.8 Å². The van der Waals surface area contributed by atoms with Gasteiger partial charge in [-0.3, -0.25) is 9.11 Å². The van der Waals surface area contributed by atoms with E-state index in [1.807, 2.05) is 45.0 Å². The van der Waals surface area contributed by atoms with Crippen LogP contribution in [0.3, 0.4) is 0 Å². The molecular formula is C21H27N2O6PS2. The molecule has 3 aromatic carbocycles. The Kier molecular flexibility index (Phi) is 8.87. The van der Waals surface area contributed by atoms with Gasteiger partial charge in [-0.15, -0.1) is 0 Å². The lowest BCUT2D eigenvalue weighted by Crippen LogP contribution is -2.26. The Balaban J connectivity index is 0.00000256. The molecule has 32 heavy (non-hydrogen) atoms. The smallest absolute Gasteiger partial charge is 0.294 e. The van der Waals surface area contributed by atoms with Crippen molar-refractivity contribution in [2.75, 3.05) is 0 Å². The van der Waals surface area contributed by atoms with Crippen molar-refractivity contribution in [2.24, 2.45) is 0 Å². The molecule has 0 unspecified atom stereocenters. The van der Waals surface area contributed by atoms with E-state index in [4.69, 9.17) is 0 Å². The van der Waals surface area contributed by atoms with Crippen molar-refractivity contribution < 1.29 is 25.9 Å². The van der Waals surface area contributed by atoms with E-state index >= 15 is 0 Å². The molecule has 0 aliphatic carbocycles. The molecule has 3 rings (SSSR count). The molecular weight excluding hydrogens is 471 g/mol. The van der Waals surface area contributed by atoms with Gasteiger partial charge in [0.25, 0.3) is 20.2 Å². The van der Waals surface area contributed by atoms with Gasteiger partial charge in [0.1, 0.15) is 0 Å². The number of hydrogen-bond donors (Lipinski definition) is 4. The van der Waals surface area contributed by atoms with Gasteiger partial charge in [-0.25, -0.2) is 0 Å². The Hall–Kier alpha value is -2.17. The highest BCUT2D eigenvalue weighted by molar-refractivity contribution is 7.86. The van der Waals surface area contributed by atoms with Crippen LogP contribution in [0.2, 0.25) is 0 Å². The van der Waals surface area contributed by atoms with E-state index in [-0.39, 0.29) is 22.1 Å².